The van der Waals surface area contributed by atoms with E-state index >= 15 is 0 Å². The van der Waals surface area contributed by atoms with Crippen molar-refractivity contribution in [2.75, 3.05) is 7.05 Å². The van der Waals surface area contributed by atoms with Crippen LogP contribution in [0.1, 0.15) is 31.4 Å². The van der Waals surface area contributed by atoms with Crippen molar-refractivity contribution in [2.45, 2.75) is 44.0 Å². The summed E-state index contributed by atoms with van der Waals surface area (Å²) < 4.78 is 0. The third-order valence-electron chi connectivity index (χ3n) is 4.75. The van der Waals surface area contributed by atoms with E-state index in [1.54, 1.807) is 7.05 Å². The lowest BCUT2D eigenvalue weighted by atomic mass is 9.89. The second kappa shape index (κ2) is 10.9. The van der Waals surface area contributed by atoms with E-state index in [4.69, 9.17) is 0 Å². The van der Waals surface area contributed by atoms with Gasteiger partial charge in [-0.25, -0.2) is 0 Å². The zero-order chi connectivity index (χ0) is 20.5. The van der Waals surface area contributed by atoms with E-state index < -0.39 is 6.04 Å². The number of amides is 2. The SMILES string of the molecule is CNC(=O)[C@H](Cc1ccccc1)NC(=O)[C@@H](Cc1ccccc1S)CC(C)C. The fourth-order valence-corrected chi connectivity index (χ4v) is 3.58. The van der Waals surface area contributed by atoms with Crippen LogP contribution in [-0.4, -0.2) is 24.9 Å². The maximum atomic E-state index is 13.1. The first-order valence-electron chi connectivity index (χ1n) is 9.73. The Hall–Kier alpha value is -2.27. The molecular formula is C23H30N2O2S. The van der Waals surface area contributed by atoms with Gasteiger partial charge in [-0.1, -0.05) is 62.4 Å². The third-order valence-corrected chi connectivity index (χ3v) is 5.18. The summed E-state index contributed by atoms with van der Waals surface area (Å²) in [5.41, 5.74) is 2.06. The van der Waals surface area contributed by atoms with Crippen LogP contribution >= 0.6 is 12.6 Å². The van der Waals surface area contributed by atoms with Crippen molar-refractivity contribution in [3.8, 4) is 0 Å². The minimum atomic E-state index is -0.596. The van der Waals surface area contributed by atoms with Crippen LogP contribution in [0.3, 0.4) is 0 Å². The Morgan fingerprint density at radius 1 is 0.929 bits per heavy atom. The number of rotatable bonds is 9. The van der Waals surface area contributed by atoms with E-state index in [1.807, 2.05) is 54.6 Å². The smallest absolute Gasteiger partial charge is 0.242 e. The normalized spacial score (nSPS) is 13.0. The molecule has 2 rings (SSSR count). The van der Waals surface area contributed by atoms with E-state index in [0.29, 0.717) is 18.8 Å². The largest absolute Gasteiger partial charge is 0.357 e. The highest BCUT2D eigenvalue weighted by Gasteiger charge is 2.26. The molecule has 5 heteroatoms. The summed E-state index contributed by atoms with van der Waals surface area (Å²) in [5, 5.41) is 5.65. The average molecular weight is 399 g/mol. The van der Waals surface area contributed by atoms with Gasteiger partial charge in [0.1, 0.15) is 6.04 Å². The third kappa shape index (κ3) is 6.71. The van der Waals surface area contributed by atoms with Crippen LogP contribution in [0.15, 0.2) is 59.5 Å². The highest BCUT2D eigenvalue weighted by Crippen LogP contribution is 2.22. The maximum absolute atomic E-state index is 13.1. The van der Waals surface area contributed by atoms with Crippen LogP contribution in [-0.2, 0) is 22.4 Å². The Balaban J connectivity index is 2.16. The summed E-state index contributed by atoms with van der Waals surface area (Å²) in [6, 6.07) is 17.0. The number of nitrogens with one attached hydrogen (secondary N) is 2. The molecule has 0 saturated heterocycles. The molecule has 0 saturated carbocycles. The first-order chi connectivity index (χ1) is 13.4. The summed E-state index contributed by atoms with van der Waals surface area (Å²) >= 11 is 4.52. The molecule has 2 amide bonds. The van der Waals surface area contributed by atoms with Crippen LogP contribution in [0.4, 0.5) is 0 Å². The molecule has 0 unspecified atom stereocenters. The first kappa shape index (κ1) is 22.0. The van der Waals surface area contributed by atoms with E-state index in [1.165, 1.54) is 0 Å². The van der Waals surface area contributed by atoms with Crippen LogP contribution < -0.4 is 10.6 Å². The Morgan fingerprint density at radius 3 is 2.18 bits per heavy atom. The molecule has 0 radical (unpaired) electrons. The second-order valence-corrected chi connectivity index (χ2v) is 8.01. The molecule has 150 valence electrons. The fraction of sp³-hybridized carbons (Fsp3) is 0.391. The summed E-state index contributed by atoms with van der Waals surface area (Å²) in [7, 11) is 1.59. The Labute approximate surface area is 173 Å². The number of carbonyl (C=O) groups excluding carboxylic acids is 2. The molecule has 2 N–H and O–H groups in total. The summed E-state index contributed by atoms with van der Waals surface area (Å²) in [6.45, 7) is 4.21. The second-order valence-electron chi connectivity index (χ2n) is 7.52. The van der Waals surface area contributed by atoms with Crippen molar-refractivity contribution in [1.82, 2.24) is 10.6 Å². The predicted molar refractivity (Wildman–Crippen MR) is 116 cm³/mol. The maximum Gasteiger partial charge on any atom is 0.242 e. The standard InChI is InChI=1S/C23H30N2O2S/c1-16(2)13-19(15-18-11-7-8-12-21(18)28)22(26)25-20(23(27)24-3)14-17-9-5-4-6-10-17/h4-12,16,19-20,28H,13-15H2,1-3H3,(H,24,27)(H,25,26)/t19-,20+/m1/s1. The molecule has 0 bridgehead atoms. The van der Waals surface area contributed by atoms with Gasteiger partial charge in [-0.15, -0.1) is 12.6 Å². The van der Waals surface area contributed by atoms with E-state index in [2.05, 4.69) is 37.1 Å². The minimum Gasteiger partial charge on any atom is -0.357 e. The first-order valence-corrected chi connectivity index (χ1v) is 10.2. The number of likely N-dealkylation sites (N-methyl/N-ethyl adjacent to an activating group) is 1. The van der Waals surface area contributed by atoms with Crippen molar-refractivity contribution in [1.29, 1.82) is 0 Å². The van der Waals surface area contributed by atoms with Crippen LogP contribution in [0.25, 0.3) is 0 Å². The number of carbonyl (C=O) groups is 2. The van der Waals surface area contributed by atoms with Gasteiger partial charge in [0, 0.05) is 24.3 Å². The lowest BCUT2D eigenvalue weighted by Gasteiger charge is -2.23. The van der Waals surface area contributed by atoms with Gasteiger partial charge in [0.15, 0.2) is 0 Å². The van der Waals surface area contributed by atoms with Gasteiger partial charge in [0.25, 0.3) is 0 Å². The topological polar surface area (TPSA) is 58.2 Å². The Bertz CT molecular complexity index is 777. The molecule has 4 nitrogen and oxygen atoms in total. The van der Waals surface area contributed by atoms with E-state index in [9.17, 15) is 9.59 Å². The quantitative estimate of drug-likeness (QED) is 0.565. The van der Waals surface area contributed by atoms with Crippen molar-refractivity contribution in [3.05, 3.63) is 65.7 Å². The lowest BCUT2D eigenvalue weighted by molar-refractivity contribution is -0.131. The molecule has 0 heterocycles. The summed E-state index contributed by atoms with van der Waals surface area (Å²) in [5.74, 6) is -0.114. The van der Waals surface area contributed by atoms with Gasteiger partial charge < -0.3 is 10.6 Å². The van der Waals surface area contributed by atoms with Gasteiger partial charge in [0.05, 0.1) is 0 Å². The molecule has 28 heavy (non-hydrogen) atoms. The fourth-order valence-electron chi connectivity index (χ4n) is 3.32. The number of hydrogen-bond acceptors (Lipinski definition) is 3. The summed E-state index contributed by atoms with van der Waals surface area (Å²) in [6.07, 6.45) is 1.82. The molecule has 0 fully saturated rings. The van der Waals surface area contributed by atoms with Gasteiger partial charge in [-0.3, -0.25) is 9.59 Å². The minimum absolute atomic E-state index is 0.0881. The number of thiol groups is 1. The van der Waals surface area contributed by atoms with Crippen molar-refractivity contribution < 1.29 is 9.59 Å². The predicted octanol–water partition coefficient (Wildman–Crippen LogP) is 3.65. The Morgan fingerprint density at radius 2 is 1.57 bits per heavy atom. The van der Waals surface area contributed by atoms with Gasteiger partial charge in [-0.2, -0.15) is 0 Å². The van der Waals surface area contributed by atoms with E-state index in [0.717, 1.165) is 22.4 Å². The summed E-state index contributed by atoms with van der Waals surface area (Å²) in [4.78, 5) is 26.4. The average Bonchev–Trinajstić information content (AvgIpc) is 2.68. The van der Waals surface area contributed by atoms with Crippen molar-refractivity contribution in [2.24, 2.45) is 11.8 Å². The number of hydrogen-bond donors (Lipinski definition) is 3. The zero-order valence-electron chi connectivity index (χ0n) is 16.8. The van der Waals surface area contributed by atoms with Crippen molar-refractivity contribution >= 4 is 24.4 Å². The van der Waals surface area contributed by atoms with Crippen LogP contribution in [0.5, 0.6) is 0 Å². The van der Waals surface area contributed by atoms with E-state index in [-0.39, 0.29) is 17.7 Å². The highest BCUT2D eigenvalue weighted by atomic mass is 32.1. The Kier molecular flexibility index (Phi) is 8.58. The van der Waals surface area contributed by atoms with Gasteiger partial charge in [0.2, 0.25) is 11.8 Å². The molecule has 0 aliphatic heterocycles. The monoisotopic (exact) mass is 398 g/mol. The van der Waals surface area contributed by atoms with Crippen LogP contribution in [0, 0.1) is 11.8 Å². The highest BCUT2D eigenvalue weighted by molar-refractivity contribution is 7.80. The lowest BCUT2D eigenvalue weighted by Crippen LogP contribution is -2.49. The molecule has 0 aromatic heterocycles. The molecule has 2 aromatic rings. The molecule has 0 spiro atoms. The molecule has 2 aromatic carbocycles. The van der Waals surface area contributed by atoms with Crippen LogP contribution in [0.2, 0.25) is 0 Å². The number of benzene rings is 2. The molecule has 0 aliphatic carbocycles. The molecular weight excluding hydrogens is 368 g/mol. The van der Waals surface area contributed by atoms with Gasteiger partial charge in [-0.05, 0) is 36.0 Å². The molecule has 2 atom stereocenters. The van der Waals surface area contributed by atoms with Gasteiger partial charge >= 0.3 is 0 Å². The zero-order valence-corrected chi connectivity index (χ0v) is 17.7. The van der Waals surface area contributed by atoms with Crippen molar-refractivity contribution in [3.63, 3.8) is 0 Å². The molecule has 0 aliphatic rings.